The summed E-state index contributed by atoms with van der Waals surface area (Å²) in [4.78, 5) is 28.0. The van der Waals surface area contributed by atoms with E-state index in [9.17, 15) is 53.8 Å². The van der Waals surface area contributed by atoms with Crippen LogP contribution in [-0.2, 0) is 26.8 Å². The number of hydrogen-bond donors (Lipinski definition) is 2. The SMILES string of the molecule is CC(C)c1cc(C(=O)N2CC3(CCC(C(=O)C[C@@H]4CCc5cc(C(O)(C(F)(F)F)C(F)(F)F)ccc5N4S(=O)(=O)c4ccc(F)cc4)CC3)C2)[nH]n1. The van der Waals surface area contributed by atoms with E-state index in [1.807, 2.05) is 13.8 Å². The molecule has 3 aliphatic rings. The van der Waals surface area contributed by atoms with Crippen LogP contribution in [0.25, 0.3) is 0 Å². The summed E-state index contributed by atoms with van der Waals surface area (Å²) in [6.07, 6.45) is -10.6. The maximum absolute atomic E-state index is 14.0. The second kappa shape index (κ2) is 13.1. The number of carbonyl (C=O) groups excluding carboxylic acids is 2. The first-order valence-corrected chi connectivity index (χ1v) is 18.3. The van der Waals surface area contributed by atoms with Gasteiger partial charge in [0.25, 0.3) is 21.5 Å². The van der Waals surface area contributed by atoms with E-state index in [4.69, 9.17) is 0 Å². The molecule has 17 heteroatoms. The number of sulfonamides is 1. The minimum atomic E-state index is -6.15. The maximum atomic E-state index is 14.0. The van der Waals surface area contributed by atoms with Crippen LogP contribution in [0.5, 0.6) is 0 Å². The lowest BCUT2D eigenvalue weighted by Crippen LogP contribution is -2.59. The van der Waals surface area contributed by atoms with Gasteiger partial charge in [-0.25, -0.2) is 12.8 Å². The zero-order valence-corrected chi connectivity index (χ0v) is 29.0. The van der Waals surface area contributed by atoms with Gasteiger partial charge in [-0.3, -0.25) is 19.0 Å². The number of hydrogen-bond acceptors (Lipinski definition) is 6. The Hall–Kier alpha value is -3.99. The van der Waals surface area contributed by atoms with Crippen molar-refractivity contribution in [2.75, 3.05) is 17.4 Å². The van der Waals surface area contributed by atoms with E-state index in [2.05, 4.69) is 10.2 Å². The van der Waals surface area contributed by atoms with Crippen LogP contribution in [0.3, 0.4) is 0 Å². The summed E-state index contributed by atoms with van der Waals surface area (Å²) >= 11 is 0. The summed E-state index contributed by atoms with van der Waals surface area (Å²) in [5.41, 5.74) is -6.17. The van der Waals surface area contributed by atoms with Gasteiger partial charge in [-0.1, -0.05) is 26.0 Å². The van der Waals surface area contributed by atoms with Gasteiger partial charge in [0.15, 0.2) is 0 Å². The second-order valence-corrected chi connectivity index (χ2v) is 16.3. The van der Waals surface area contributed by atoms with Crippen LogP contribution < -0.4 is 4.31 Å². The van der Waals surface area contributed by atoms with Gasteiger partial charge in [-0.15, -0.1) is 0 Å². The number of benzene rings is 2. The van der Waals surface area contributed by atoms with Gasteiger partial charge in [0.1, 0.15) is 17.3 Å². The van der Waals surface area contributed by atoms with Crippen molar-refractivity contribution in [3.8, 4) is 0 Å². The van der Waals surface area contributed by atoms with Crippen molar-refractivity contribution >= 4 is 27.4 Å². The lowest BCUT2D eigenvalue weighted by molar-refractivity contribution is -0.376. The molecule has 52 heavy (non-hydrogen) atoms. The summed E-state index contributed by atoms with van der Waals surface area (Å²) in [6, 6.07) is 6.04. The predicted octanol–water partition coefficient (Wildman–Crippen LogP) is 6.79. The largest absolute Gasteiger partial charge is 0.430 e. The number of nitrogens with one attached hydrogen (secondary N) is 1. The number of aromatic nitrogens is 2. The molecule has 2 fully saturated rings. The molecule has 1 atom stereocenters. The molecule has 0 radical (unpaired) electrons. The highest BCUT2D eigenvalue weighted by atomic mass is 32.2. The number of aryl methyl sites for hydroxylation is 1. The van der Waals surface area contributed by atoms with E-state index < -0.39 is 56.2 Å². The first-order chi connectivity index (χ1) is 24.2. The summed E-state index contributed by atoms with van der Waals surface area (Å²) in [5.74, 6) is -1.42. The highest BCUT2D eigenvalue weighted by Crippen LogP contribution is 2.52. The van der Waals surface area contributed by atoms with E-state index in [1.54, 1.807) is 11.0 Å². The number of nitrogens with zero attached hydrogens (tertiary/aromatic N) is 3. The van der Waals surface area contributed by atoms with Gasteiger partial charge in [0.05, 0.1) is 22.3 Å². The molecule has 2 N–H and O–H groups in total. The molecule has 0 unspecified atom stereocenters. The number of Topliss-reactive ketones (excluding diaryl/α,β-unsaturated/α-hetero) is 1. The van der Waals surface area contributed by atoms with Crippen molar-refractivity contribution in [1.82, 2.24) is 15.1 Å². The lowest BCUT2D eigenvalue weighted by Gasteiger charge is -2.53. The second-order valence-electron chi connectivity index (χ2n) is 14.5. The van der Waals surface area contributed by atoms with Gasteiger partial charge in [0, 0.05) is 36.4 Å². The Morgan fingerprint density at radius 3 is 2.13 bits per heavy atom. The highest BCUT2D eigenvalue weighted by Gasteiger charge is 2.71. The minimum Gasteiger partial charge on any atom is -0.369 e. The van der Waals surface area contributed by atoms with Crippen LogP contribution >= 0.6 is 0 Å². The van der Waals surface area contributed by atoms with E-state index in [0.717, 1.165) is 40.3 Å². The Morgan fingerprint density at radius 2 is 1.58 bits per heavy atom. The molecular formula is C35H37F7N4O5S. The standard InChI is InChI=1S/C35H37F7N4O5S/c1-20(2)27-17-28(44-43-27)31(48)45-18-32(19-45)13-11-21(12-14-32)30(47)16-25-7-3-22-15-23(33(49,34(37,38)39)35(40,41)42)4-10-29(22)46(25)52(50,51)26-8-5-24(36)6-9-26/h4-6,8-10,15,17,20-21,25,49H,3,7,11-14,16,18-19H2,1-2H3,(H,43,44)/t25-/m0/s1. The third kappa shape index (κ3) is 6.58. The Kier molecular flexibility index (Phi) is 9.54. The number of rotatable bonds is 8. The first-order valence-electron chi connectivity index (χ1n) is 16.8. The molecule has 6 rings (SSSR count). The lowest BCUT2D eigenvalue weighted by atomic mass is 9.65. The number of ketones is 1. The zero-order valence-electron chi connectivity index (χ0n) is 28.2. The van der Waals surface area contributed by atoms with Crippen LogP contribution in [0.2, 0.25) is 0 Å². The predicted molar refractivity (Wildman–Crippen MR) is 173 cm³/mol. The summed E-state index contributed by atoms with van der Waals surface area (Å²) in [7, 11) is -4.61. The van der Waals surface area contributed by atoms with Crippen LogP contribution in [0.4, 0.5) is 36.4 Å². The van der Waals surface area contributed by atoms with Crippen LogP contribution in [-0.4, -0.2) is 71.8 Å². The van der Waals surface area contributed by atoms with Crippen LogP contribution in [0.15, 0.2) is 53.4 Å². The van der Waals surface area contributed by atoms with E-state index in [0.29, 0.717) is 56.6 Å². The first kappa shape index (κ1) is 37.8. The fourth-order valence-electron chi connectivity index (χ4n) is 7.67. The van der Waals surface area contributed by atoms with Crippen molar-refractivity contribution in [3.05, 3.63) is 76.9 Å². The molecule has 3 aromatic rings. The number of aliphatic hydroxyl groups is 1. The fraction of sp³-hybridized carbons (Fsp3) is 0.514. The number of anilines is 1. The number of alkyl halides is 6. The molecule has 1 saturated carbocycles. The van der Waals surface area contributed by atoms with Gasteiger partial charge in [-0.2, -0.15) is 31.4 Å². The van der Waals surface area contributed by atoms with Gasteiger partial charge >= 0.3 is 12.4 Å². The number of H-pyrrole nitrogens is 1. The Balaban J connectivity index is 1.20. The van der Waals surface area contributed by atoms with E-state index >= 15 is 0 Å². The van der Waals surface area contributed by atoms with Crippen molar-refractivity contribution < 1.29 is 53.8 Å². The maximum Gasteiger partial charge on any atom is 0.430 e. The van der Waals surface area contributed by atoms with E-state index in [-0.39, 0.29) is 53.5 Å². The molecule has 1 aromatic heterocycles. The Bertz CT molecular complexity index is 1930. The molecule has 2 aliphatic heterocycles. The smallest absolute Gasteiger partial charge is 0.369 e. The molecule has 282 valence electrons. The number of halogens is 7. The van der Waals surface area contributed by atoms with Crippen molar-refractivity contribution in [3.63, 3.8) is 0 Å². The number of amides is 1. The number of fused-ring (bicyclic) bond motifs is 1. The minimum absolute atomic E-state index is 0.126. The van der Waals surface area contributed by atoms with Crippen molar-refractivity contribution in [1.29, 1.82) is 0 Å². The van der Waals surface area contributed by atoms with E-state index in [1.165, 1.54) is 0 Å². The summed E-state index contributed by atoms with van der Waals surface area (Å²) in [5, 5.41) is 17.0. The Labute approximate surface area is 295 Å². The van der Waals surface area contributed by atoms with Gasteiger partial charge in [-0.05, 0) is 86.4 Å². The molecule has 1 saturated heterocycles. The summed E-state index contributed by atoms with van der Waals surface area (Å²) < 4.78 is 125. The van der Waals surface area contributed by atoms with Crippen LogP contribution in [0.1, 0.15) is 85.6 Å². The number of carbonyl (C=O) groups is 2. The highest BCUT2D eigenvalue weighted by molar-refractivity contribution is 7.92. The molecule has 3 heterocycles. The molecular weight excluding hydrogens is 721 g/mol. The average molecular weight is 759 g/mol. The van der Waals surface area contributed by atoms with Crippen LogP contribution in [0, 0.1) is 17.2 Å². The summed E-state index contributed by atoms with van der Waals surface area (Å²) in [6.45, 7) is 4.98. The van der Waals surface area contributed by atoms with Gasteiger partial charge in [0.2, 0.25) is 0 Å². The van der Waals surface area contributed by atoms with Gasteiger partial charge < -0.3 is 10.0 Å². The topological polar surface area (TPSA) is 124 Å². The third-order valence-corrected chi connectivity index (χ3v) is 12.6. The monoisotopic (exact) mass is 758 g/mol. The number of aromatic amines is 1. The number of likely N-dealkylation sites (tertiary alicyclic amines) is 1. The fourth-order valence-corrected chi connectivity index (χ4v) is 9.38. The Morgan fingerprint density at radius 1 is 0.962 bits per heavy atom. The quantitative estimate of drug-likeness (QED) is 0.244. The molecule has 1 amide bonds. The molecule has 0 bridgehead atoms. The van der Waals surface area contributed by atoms with Crippen molar-refractivity contribution in [2.24, 2.45) is 11.3 Å². The molecule has 1 spiro atoms. The molecule has 1 aliphatic carbocycles. The third-order valence-electron chi connectivity index (χ3n) is 10.7. The zero-order chi connectivity index (χ0) is 38.0. The van der Waals surface area contributed by atoms with Crippen molar-refractivity contribution in [2.45, 2.75) is 93.6 Å². The average Bonchev–Trinajstić information content (AvgIpc) is 3.56. The normalized spacial score (nSPS) is 19.9. The molecule has 9 nitrogen and oxygen atoms in total. The molecule has 2 aromatic carbocycles.